The van der Waals surface area contributed by atoms with Crippen LogP contribution in [0.2, 0.25) is 0 Å². The minimum Gasteiger partial charge on any atom is -0.365 e. The summed E-state index contributed by atoms with van der Waals surface area (Å²) in [5.41, 5.74) is -1.96. The van der Waals surface area contributed by atoms with Gasteiger partial charge in [-0.05, 0) is 6.92 Å². The van der Waals surface area contributed by atoms with E-state index in [0.717, 1.165) is 6.92 Å². The van der Waals surface area contributed by atoms with Gasteiger partial charge in [0.25, 0.3) is 5.91 Å². The van der Waals surface area contributed by atoms with Crippen molar-refractivity contribution in [1.82, 2.24) is 0 Å². The molecule has 0 aromatic heterocycles. The molecule has 1 atom stereocenters. The van der Waals surface area contributed by atoms with Gasteiger partial charge in [-0.2, -0.15) is 25.8 Å². The van der Waals surface area contributed by atoms with Crippen molar-refractivity contribution in [2.24, 2.45) is 5.73 Å². The Labute approximate surface area is 95.9 Å². The Morgan fingerprint density at radius 2 is 1.88 bits per heavy atom. The molecule has 12 heteroatoms. The van der Waals surface area contributed by atoms with Gasteiger partial charge in [0.05, 0.1) is 3.39 Å². The van der Waals surface area contributed by atoms with E-state index in [9.17, 15) is 30.6 Å². The number of hydrogen-bond acceptors (Lipinski definition) is 4. The van der Waals surface area contributed by atoms with E-state index in [2.05, 4.69) is 5.73 Å². The zero-order valence-electron chi connectivity index (χ0n) is 8.06. The average molecular weight is 295 g/mol. The number of halogens is 3. The zero-order valence-corrected chi connectivity index (χ0v) is 9.69. The van der Waals surface area contributed by atoms with Gasteiger partial charge in [-0.15, -0.1) is 0 Å². The third kappa shape index (κ3) is 3.63. The highest BCUT2D eigenvalue weighted by atomic mass is 32.3. The molecule has 0 saturated carbocycles. The fourth-order valence-electron chi connectivity index (χ4n) is 0.469. The largest absolute Gasteiger partial charge is 0.562 e. The fraction of sp³-hybridized carbons (Fsp3) is 0.400. The molecule has 0 bridgehead atoms. The van der Waals surface area contributed by atoms with Gasteiger partial charge in [-0.1, -0.05) is 0 Å². The number of primary amides is 1. The van der Waals surface area contributed by atoms with E-state index in [4.69, 9.17) is 4.55 Å². The number of amides is 1. The number of nitrogens with zero attached hydrogens (tertiary/aromatic N) is 1. The molecule has 3 N–H and O–H groups in total. The Kier molecular flexibility index (Phi) is 4.60. The number of carbonyl (C=O) groups is 1. The molecule has 0 aliphatic rings. The topological polar surface area (TPSA) is 118 Å². The fourth-order valence-corrected chi connectivity index (χ4v) is 2.05. The SMILES string of the molecule is CC(=C=[N+](S(=O)O)S(=O)(=O)C(F)(F)F)C(N)=O. The Morgan fingerprint density at radius 1 is 1.47 bits per heavy atom. The van der Waals surface area contributed by atoms with Crippen LogP contribution < -0.4 is 5.73 Å². The van der Waals surface area contributed by atoms with Crippen LogP contribution in [0.4, 0.5) is 13.2 Å². The first-order valence-electron chi connectivity index (χ1n) is 3.54. The molecule has 98 valence electrons. The molecule has 0 spiro atoms. The van der Waals surface area contributed by atoms with Crippen LogP contribution in [-0.4, -0.2) is 37.9 Å². The van der Waals surface area contributed by atoms with Gasteiger partial charge < -0.3 is 5.73 Å². The molecule has 0 aliphatic carbocycles. The number of carbonyl (C=O) groups excluding carboxylic acids is 1. The zero-order chi connectivity index (χ0) is 14.0. The molecule has 1 unspecified atom stereocenters. The van der Waals surface area contributed by atoms with Crippen LogP contribution in [0.25, 0.3) is 0 Å². The summed E-state index contributed by atoms with van der Waals surface area (Å²) < 4.78 is 75.6. The quantitative estimate of drug-likeness (QED) is 0.302. The molecule has 0 aromatic rings. The highest BCUT2D eigenvalue weighted by molar-refractivity contribution is 7.93. The third-order valence-electron chi connectivity index (χ3n) is 1.28. The van der Waals surface area contributed by atoms with Gasteiger partial charge in [0.15, 0.2) is 0 Å². The predicted molar refractivity (Wildman–Crippen MR) is 49.4 cm³/mol. The van der Waals surface area contributed by atoms with Crippen molar-refractivity contribution in [3.05, 3.63) is 5.57 Å². The minimum absolute atomic E-state index is 0.764. The lowest BCUT2D eigenvalue weighted by atomic mass is 10.3. The summed E-state index contributed by atoms with van der Waals surface area (Å²) in [6, 6.07) is 0. The normalized spacial score (nSPS) is 13.7. The summed E-state index contributed by atoms with van der Waals surface area (Å²) >= 11 is -3.57. The summed E-state index contributed by atoms with van der Waals surface area (Å²) in [5, 5.41) is 0. The van der Waals surface area contributed by atoms with E-state index in [1.165, 1.54) is 5.87 Å². The smallest absolute Gasteiger partial charge is 0.365 e. The Bertz CT molecular complexity index is 528. The first-order valence-corrected chi connectivity index (χ1v) is 6.04. The van der Waals surface area contributed by atoms with Crippen molar-refractivity contribution in [2.45, 2.75) is 12.4 Å². The number of alkyl halides is 3. The number of sulfonamides is 1. The van der Waals surface area contributed by atoms with Crippen LogP contribution in [0.3, 0.4) is 0 Å². The van der Waals surface area contributed by atoms with Gasteiger partial charge >= 0.3 is 26.8 Å². The van der Waals surface area contributed by atoms with Crippen LogP contribution in [-0.2, 0) is 26.1 Å². The maximum Gasteiger partial charge on any atom is 0.562 e. The van der Waals surface area contributed by atoms with Gasteiger partial charge in [0.2, 0.25) is 5.87 Å². The summed E-state index contributed by atoms with van der Waals surface area (Å²) in [4.78, 5) is 10.5. The molecule has 0 radical (unpaired) electrons. The molecule has 0 fully saturated rings. The summed E-state index contributed by atoms with van der Waals surface area (Å²) in [7, 11) is -6.12. The van der Waals surface area contributed by atoms with Crippen molar-refractivity contribution < 1.29 is 38.5 Å². The molecule has 0 aromatic carbocycles. The van der Waals surface area contributed by atoms with Gasteiger partial charge in [0.1, 0.15) is 5.57 Å². The van der Waals surface area contributed by atoms with Crippen molar-refractivity contribution in [2.75, 3.05) is 0 Å². The second-order valence-electron chi connectivity index (χ2n) is 2.51. The van der Waals surface area contributed by atoms with Crippen molar-refractivity contribution in [3.8, 4) is 0 Å². The number of nitrogens with two attached hydrogens (primary N) is 1. The van der Waals surface area contributed by atoms with E-state index >= 15 is 0 Å². The maximum atomic E-state index is 12.1. The van der Waals surface area contributed by atoms with Crippen LogP contribution in [0.1, 0.15) is 6.92 Å². The van der Waals surface area contributed by atoms with Crippen molar-refractivity contribution in [1.29, 1.82) is 0 Å². The molecular weight excluding hydrogens is 289 g/mol. The maximum absolute atomic E-state index is 12.1. The lowest BCUT2D eigenvalue weighted by Crippen LogP contribution is -2.35. The van der Waals surface area contributed by atoms with E-state index in [1.54, 1.807) is 0 Å². The van der Waals surface area contributed by atoms with Crippen LogP contribution in [0, 0.1) is 0 Å². The molecule has 0 saturated heterocycles. The number of hydrogen-bond donors (Lipinski definition) is 2. The highest BCUT2D eigenvalue weighted by Gasteiger charge is 2.58. The van der Waals surface area contributed by atoms with E-state index < -0.39 is 41.7 Å². The summed E-state index contributed by atoms with van der Waals surface area (Å²) in [5.74, 6) is -0.0137. The highest BCUT2D eigenvalue weighted by Crippen LogP contribution is 2.24. The standard InChI is InChI=1S/C5H5F3N2O5S2/c1-3(4(9)11)2-10(16(12)13)17(14,15)5(6,7)8/h1H3,(H2-,9,11,12,13)/p+1. The van der Waals surface area contributed by atoms with Crippen molar-refractivity contribution in [3.63, 3.8) is 0 Å². The third-order valence-corrected chi connectivity index (χ3v) is 3.74. The van der Waals surface area contributed by atoms with Gasteiger partial charge in [0, 0.05) is 0 Å². The van der Waals surface area contributed by atoms with Crippen LogP contribution in [0.5, 0.6) is 0 Å². The Balaban J connectivity index is 6.22. The summed E-state index contributed by atoms with van der Waals surface area (Å²) in [6.45, 7) is 0.827. The lowest BCUT2D eigenvalue weighted by molar-refractivity contribution is -0.203. The van der Waals surface area contributed by atoms with Gasteiger partial charge in [-0.25, -0.2) is 0 Å². The van der Waals surface area contributed by atoms with E-state index in [0.29, 0.717) is 0 Å². The van der Waals surface area contributed by atoms with E-state index in [-0.39, 0.29) is 0 Å². The van der Waals surface area contributed by atoms with E-state index in [1.807, 2.05) is 0 Å². The first-order chi connectivity index (χ1) is 7.41. The number of rotatable bonds is 3. The minimum atomic E-state index is -6.12. The Hall–Kier alpha value is -1.23. The molecule has 0 aliphatic heterocycles. The lowest BCUT2D eigenvalue weighted by Gasteiger charge is -2.00. The monoisotopic (exact) mass is 295 g/mol. The molecular formula is C5H6F3N2O5S2+. The molecule has 17 heavy (non-hydrogen) atoms. The average Bonchev–Trinajstić information content (AvgIpc) is 2.10. The molecule has 7 nitrogen and oxygen atoms in total. The summed E-state index contributed by atoms with van der Waals surface area (Å²) in [6.07, 6.45) is 0. The Morgan fingerprint density at radius 3 is 2.12 bits per heavy atom. The molecule has 0 rings (SSSR count). The van der Waals surface area contributed by atoms with Crippen molar-refractivity contribution >= 4 is 33.1 Å². The van der Waals surface area contributed by atoms with Gasteiger partial charge in [-0.3, -0.25) is 9.35 Å². The van der Waals surface area contributed by atoms with Crippen LogP contribution >= 0.6 is 0 Å². The first kappa shape index (κ1) is 15.8. The second-order valence-corrected chi connectivity index (χ2v) is 5.35. The van der Waals surface area contributed by atoms with Crippen LogP contribution in [0.15, 0.2) is 5.57 Å². The second kappa shape index (κ2) is 4.96. The molecule has 1 amide bonds. The molecule has 0 heterocycles. The predicted octanol–water partition coefficient (Wildman–Crippen LogP) is -0.913.